The third-order valence-corrected chi connectivity index (χ3v) is 2.22. The standard InChI is InChI=1S/C11H21N3O/c1-7(2)6-12-10(8(3)4)11-13-9(5)14-15-11/h7-8,10,12H,6H2,1-5H3. The van der Waals surface area contributed by atoms with Crippen molar-refractivity contribution in [2.45, 2.75) is 40.7 Å². The minimum absolute atomic E-state index is 0.161. The van der Waals surface area contributed by atoms with Crippen LogP contribution in [0.2, 0.25) is 0 Å². The average molecular weight is 211 g/mol. The molecule has 0 saturated heterocycles. The zero-order chi connectivity index (χ0) is 11.4. The average Bonchev–Trinajstić information content (AvgIpc) is 2.51. The number of hydrogen-bond acceptors (Lipinski definition) is 4. The van der Waals surface area contributed by atoms with Crippen LogP contribution in [0.4, 0.5) is 0 Å². The molecule has 1 rings (SSSR count). The van der Waals surface area contributed by atoms with Crippen molar-refractivity contribution in [3.05, 3.63) is 11.7 Å². The van der Waals surface area contributed by atoms with Crippen LogP contribution in [-0.2, 0) is 0 Å². The zero-order valence-electron chi connectivity index (χ0n) is 10.2. The molecule has 1 heterocycles. The van der Waals surface area contributed by atoms with Gasteiger partial charge in [-0.25, -0.2) is 0 Å². The lowest BCUT2D eigenvalue weighted by Gasteiger charge is -2.19. The van der Waals surface area contributed by atoms with Crippen LogP contribution in [0, 0.1) is 18.8 Å². The molecule has 0 saturated carbocycles. The van der Waals surface area contributed by atoms with Crippen molar-refractivity contribution in [2.75, 3.05) is 6.54 Å². The maximum Gasteiger partial charge on any atom is 0.244 e. The summed E-state index contributed by atoms with van der Waals surface area (Å²) in [7, 11) is 0. The van der Waals surface area contributed by atoms with Crippen molar-refractivity contribution < 1.29 is 4.52 Å². The van der Waals surface area contributed by atoms with Gasteiger partial charge in [-0.3, -0.25) is 0 Å². The first kappa shape index (κ1) is 12.2. The second-order valence-electron chi connectivity index (χ2n) is 4.70. The Hall–Kier alpha value is -0.900. The Kier molecular flexibility index (Phi) is 4.27. The van der Waals surface area contributed by atoms with Gasteiger partial charge in [-0.15, -0.1) is 0 Å². The van der Waals surface area contributed by atoms with E-state index in [-0.39, 0.29) is 6.04 Å². The fourth-order valence-corrected chi connectivity index (χ4v) is 1.41. The van der Waals surface area contributed by atoms with Crippen LogP contribution in [0.25, 0.3) is 0 Å². The number of nitrogens with zero attached hydrogens (tertiary/aromatic N) is 2. The van der Waals surface area contributed by atoms with Crippen LogP contribution in [0.15, 0.2) is 4.52 Å². The predicted molar refractivity (Wildman–Crippen MR) is 59.5 cm³/mol. The molecule has 1 N–H and O–H groups in total. The number of nitrogens with one attached hydrogen (secondary N) is 1. The second kappa shape index (κ2) is 5.26. The molecule has 0 amide bonds. The highest BCUT2D eigenvalue weighted by atomic mass is 16.5. The largest absolute Gasteiger partial charge is 0.338 e. The monoisotopic (exact) mass is 211 g/mol. The Morgan fingerprint density at radius 2 is 1.93 bits per heavy atom. The summed E-state index contributed by atoms with van der Waals surface area (Å²) in [6, 6.07) is 0.161. The van der Waals surface area contributed by atoms with E-state index in [1.165, 1.54) is 0 Å². The molecule has 0 aliphatic rings. The van der Waals surface area contributed by atoms with Gasteiger partial charge in [0.2, 0.25) is 5.89 Å². The maximum atomic E-state index is 5.20. The Bertz CT molecular complexity index is 294. The molecule has 1 aromatic rings. The van der Waals surface area contributed by atoms with Crippen LogP contribution in [0.3, 0.4) is 0 Å². The molecule has 86 valence electrons. The van der Waals surface area contributed by atoms with E-state index in [1.807, 2.05) is 6.92 Å². The lowest BCUT2D eigenvalue weighted by molar-refractivity contribution is 0.281. The topological polar surface area (TPSA) is 51.0 Å². The van der Waals surface area contributed by atoms with E-state index in [0.717, 1.165) is 6.54 Å². The Morgan fingerprint density at radius 1 is 1.27 bits per heavy atom. The minimum Gasteiger partial charge on any atom is -0.338 e. The van der Waals surface area contributed by atoms with Gasteiger partial charge in [0.25, 0.3) is 0 Å². The summed E-state index contributed by atoms with van der Waals surface area (Å²) >= 11 is 0. The third-order valence-electron chi connectivity index (χ3n) is 2.22. The highest BCUT2D eigenvalue weighted by Gasteiger charge is 2.21. The number of aromatic nitrogens is 2. The molecule has 0 aliphatic carbocycles. The van der Waals surface area contributed by atoms with Crippen LogP contribution < -0.4 is 5.32 Å². The van der Waals surface area contributed by atoms with E-state index in [1.54, 1.807) is 0 Å². The molecular weight excluding hydrogens is 190 g/mol. The molecule has 0 aromatic carbocycles. The first-order chi connectivity index (χ1) is 7.00. The Balaban J connectivity index is 2.66. The van der Waals surface area contributed by atoms with Crippen LogP contribution >= 0.6 is 0 Å². The van der Waals surface area contributed by atoms with Crippen LogP contribution in [0.5, 0.6) is 0 Å². The lowest BCUT2D eigenvalue weighted by atomic mass is 10.0. The zero-order valence-corrected chi connectivity index (χ0v) is 10.2. The number of aryl methyl sites for hydroxylation is 1. The molecule has 4 nitrogen and oxygen atoms in total. The molecule has 0 fully saturated rings. The Labute approximate surface area is 91.5 Å². The molecule has 15 heavy (non-hydrogen) atoms. The van der Waals surface area contributed by atoms with Crippen molar-refractivity contribution >= 4 is 0 Å². The van der Waals surface area contributed by atoms with Gasteiger partial charge in [0, 0.05) is 0 Å². The fraction of sp³-hybridized carbons (Fsp3) is 0.818. The first-order valence-electron chi connectivity index (χ1n) is 5.54. The normalized spacial score (nSPS) is 13.8. The number of hydrogen-bond donors (Lipinski definition) is 1. The van der Waals surface area contributed by atoms with Crippen LogP contribution in [0.1, 0.15) is 45.5 Å². The van der Waals surface area contributed by atoms with Crippen molar-refractivity contribution in [3.63, 3.8) is 0 Å². The van der Waals surface area contributed by atoms with Crippen molar-refractivity contribution in [1.82, 2.24) is 15.5 Å². The van der Waals surface area contributed by atoms with Gasteiger partial charge in [-0.05, 0) is 25.3 Å². The summed E-state index contributed by atoms with van der Waals surface area (Å²) in [5, 5.41) is 7.27. The minimum atomic E-state index is 0.161. The van der Waals surface area contributed by atoms with Gasteiger partial charge >= 0.3 is 0 Å². The molecule has 0 radical (unpaired) electrons. The summed E-state index contributed by atoms with van der Waals surface area (Å²) in [5.41, 5.74) is 0. The second-order valence-corrected chi connectivity index (χ2v) is 4.70. The predicted octanol–water partition coefficient (Wildman–Crippen LogP) is 2.32. The Morgan fingerprint density at radius 3 is 2.33 bits per heavy atom. The molecule has 0 aliphatic heterocycles. The molecule has 1 atom stereocenters. The highest BCUT2D eigenvalue weighted by molar-refractivity contribution is 4.93. The van der Waals surface area contributed by atoms with Gasteiger partial charge in [-0.2, -0.15) is 4.98 Å². The fourth-order valence-electron chi connectivity index (χ4n) is 1.41. The van der Waals surface area contributed by atoms with E-state index >= 15 is 0 Å². The van der Waals surface area contributed by atoms with Gasteiger partial charge in [-0.1, -0.05) is 32.9 Å². The number of rotatable bonds is 5. The summed E-state index contributed by atoms with van der Waals surface area (Å²) in [6.07, 6.45) is 0. The lowest BCUT2D eigenvalue weighted by Crippen LogP contribution is -2.29. The smallest absolute Gasteiger partial charge is 0.244 e. The molecule has 4 heteroatoms. The summed E-state index contributed by atoms with van der Waals surface area (Å²) in [5.74, 6) is 2.46. The summed E-state index contributed by atoms with van der Waals surface area (Å²) in [6.45, 7) is 11.5. The molecule has 0 spiro atoms. The molecule has 1 unspecified atom stereocenters. The molecular formula is C11H21N3O. The van der Waals surface area contributed by atoms with Crippen LogP contribution in [-0.4, -0.2) is 16.7 Å². The van der Waals surface area contributed by atoms with Gasteiger partial charge in [0.05, 0.1) is 6.04 Å². The quantitative estimate of drug-likeness (QED) is 0.812. The molecule has 0 bridgehead atoms. The van der Waals surface area contributed by atoms with E-state index in [9.17, 15) is 0 Å². The SMILES string of the molecule is Cc1noc(C(NCC(C)C)C(C)C)n1. The summed E-state index contributed by atoms with van der Waals surface area (Å²) in [4.78, 5) is 4.27. The van der Waals surface area contributed by atoms with E-state index in [4.69, 9.17) is 4.52 Å². The first-order valence-corrected chi connectivity index (χ1v) is 5.54. The van der Waals surface area contributed by atoms with Crippen molar-refractivity contribution in [3.8, 4) is 0 Å². The van der Waals surface area contributed by atoms with Gasteiger partial charge in [0.1, 0.15) is 0 Å². The van der Waals surface area contributed by atoms with Gasteiger partial charge < -0.3 is 9.84 Å². The summed E-state index contributed by atoms with van der Waals surface area (Å²) < 4.78 is 5.20. The maximum absolute atomic E-state index is 5.20. The van der Waals surface area contributed by atoms with Crippen molar-refractivity contribution in [1.29, 1.82) is 0 Å². The van der Waals surface area contributed by atoms with E-state index in [0.29, 0.717) is 23.6 Å². The van der Waals surface area contributed by atoms with Gasteiger partial charge in [0.15, 0.2) is 5.82 Å². The molecule has 1 aromatic heterocycles. The highest BCUT2D eigenvalue weighted by Crippen LogP contribution is 2.19. The van der Waals surface area contributed by atoms with E-state index < -0.39 is 0 Å². The van der Waals surface area contributed by atoms with Crippen molar-refractivity contribution in [2.24, 2.45) is 11.8 Å². The third kappa shape index (κ3) is 3.63. The van der Waals surface area contributed by atoms with E-state index in [2.05, 4.69) is 43.2 Å².